The van der Waals surface area contributed by atoms with Crippen LogP contribution in [0.3, 0.4) is 0 Å². The Morgan fingerprint density at radius 3 is 2.66 bits per heavy atom. The van der Waals surface area contributed by atoms with Gasteiger partial charge < -0.3 is 4.74 Å². The molecule has 0 spiro atoms. The zero-order valence-corrected chi connectivity index (χ0v) is 18.2. The second kappa shape index (κ2) is 9.30. The van der Waals surface area contributed by atoms with Gasteiger partial charge in [-0.3, -0.25) is 14.9 Å². The van der Waals surface area contributed by atoms with Gasteiger partial charge in [0.2, 0.25) is 0 Å². The molecule has 0 bridgehead atoms. The maximum atomic E-state index is 13.3. The number of benzene rings is 2. The normalized spacial score (nSPS) is 15.0. The van der Waals surface area contributed by atoms with Gasteiger partial charge in [0.05, 0.1) is 28.1 Å². The lowest BCUT2D eigenvalue weighted by Gasteiger charge is -2.22. The highest BCUT2D eigenvalue weighted by Crippen LogP contribution is 2.32. The highest BCUT2D eigenvalue weighted by molar-refractivity contribution is 5.85. The number of nitro benzene ring substituents is 1. The molecule has 3 aromatic rings. The molecule has 1 aliphatic rings. The van der Waals surface area contributed by atoms with Crippen molar-refractivity contribution in [1.82, 2.24) is 9.66 Å². The van der Waals surface area contributed by atoms with Crippen LogP contribution >= 0.6 is 0 Å². The first-order valence-electron chi connectivity index (χ1n) is 10.9. The fraction of sp³-hybridized carbons (Fsp3) is 0.375. The second-order valence-corrected chi connectivity index (χ2v) is 8.33. The number of nitrogens with zero attached hydrogens (tertiary/aromatic N) is 4. The largest absolute Gasteiger partial charge is 0.490 e. The van der Waals surface area contributed by atoms with E-state index in [1.54, 1.807) is 18.2 Å². The summed E-state index contributed by atoms with van der Waals surface area (Å²) in [5.74, 6) is 1.26. The summed E-state index contributed by atoms with van der Waals surface area (Å²) in [6.45, 7) is 3.75. The molecule has 1 fully saturated rings. The molecule has 8 nitrogen and oxygen atoms in total. The maximum Gasteiger partial charge on any atom is 0.282 e. The van der Waals surface area contributed by atoms with Crippen molar-refractivity contribution in [2.75, 3.05) is 0 Å². The van der Waals surface area contributed by atoms with Crippen molar-refractivity contribution in [3.8, 4) is 5.75 Å². The summed E-state index contributed by atoms with van der Waals surface area (Å²) in [5.41, 5.74) is 0.773. The van der Waals surface area contributed by atoms with Gasteiger partial charge in [0.25, 0.3) is 11.2 Å². The molecule has 0 N–H and O–H groups in total. The molecular weight excluding hydrogens is 408 g/mol. The molecule has 1 heterocycles. The van der Waals surface area contributed by atoms with Crippen LogP contribution in [-0.2, 0) is 0 Å². The minimum Gasteiger partial charge on any atom is -0.490 e. The van der Waals surface area contributed by atoms with Crippen molar-refractivity contribution in [1.29, 1.82) is 0 Å². The Hall–Kier alpha value is -3.55. The average molecular weight is 434 g/mol. The van der Waals surface area contributed by atoms with E-state index in [-0.39, 0.29) is 23.3 Å². The quantitative estimate of drug-likeness (QED) is 0.308. The molecular formula is C24H26N4O4. The topological polar surface area (TPSA) is 99.6 Å². The number of para-hydroxylation sites is 1. The summed E-state index contributed by atoms with van der Waals surface area (Å²) in [6, 6.07) is 11.6. The van der Waals surface area contributed by atoms with Crippen LogP contribution in [0.25, 0.3) is 10.9 Å². The third-order valence-corrected chi connectivity index (χ3v) is 5.63. The van der Waals surface area contributed by atoms with E-state index in [4.69, 9.17) is 9.72 Å². The van der Waals surface area contributed by atoms with E-state index in [0.717, 1.165) is 25.7 Å². The van der Waals surface area contributed by atoms with Crippen LogP contribution in [-0.4, -0.2) is 26.9 Å². The Morgan fingerprint density at radius 1 is 1.19 bits per heavy atom. The number of nitro groups is 1. The fourth-order valence-corrected chi connectivity index (χ4v) is 4.11. The van der Waals surface area contributed by atoms with E-state index in [1.807, 2.05) is 26.0 Å². The smallest absolute Gasteiger partial charge is 0.282 e. The van der Waals surface area contributed by atoms with Crippen LogP contribution in [0.1, 0.15) is 63.3 Å². The van der Waals surface area contributed by atoms with Gasteiger partial charge in [-0.05, 0) is 44.9 Å². The van der Waals surface area contributed by atoms with E-state index in [0.29, 0.717) is 28.0 Å². The van der Waals surface area contributed by atoms with Gasteiger partial charge in [-0.2, -0.15) is 9.78 Å². The Labute approximate surface area is 185 Å². The van der Waals surface area contributed by atoms with Crippen molar-refractivity contribution >= 4 is 22.8 Å². The van der Waals surface area contributed by atoms with E-state index in [1.165, 1.54) is 29.4 Å². The van der Waals surface area contributed by atoms with Crippen molar-refractivity contribution in [2.24, 2.45) is 5.10 Å². The molecule has 4 rings (SSSR count). The second-order valence-electron chi connectivity index (χ2n) is 8.33. The van der Waals surface area contributed by atoms with Crippen molar-refractivity contribution < 1.29 is 9.66 Å². The van der Waals surface area contributed by atoms with E-state index >= 15 is 0 Å². The SMILES string of the molecule is CC(C)Oc1ccc([N+](=O)[O-])cc1C=Nn1c(C2CCCCC2)nc2ccccc2c1=O. The number of ether oxygens (including phenoxy) is 1. The maximum absolute atomic E-state index is 13.3. The van der Waals surface area contributed by atoms with Crippen LogP contribution in [0.5, 0.6) is 5.75 Å². The van der Waals surface area contributed by atoms with Crippen molar-refractivity contribution in [3.05, 3.63) is 74.3 Å². The lowest BCUT2D eigenvalue weighted by molar-refractivity contribution is -0.384. The fourth-order valence-electron chi connectivity index (χ4n) is 4.11. The summed E-state index contributed by atoms with van der Waals surface area (Å²) < 4.78 is 7.16. The number of hydrogen-bond acceptors (Lipinski definition) is 6. The van der Waals surface area contributed by atoms with Gasteiger partial charge >= 0.3 is 0 Å². The highest BCUT2D eigenvalue weighted by atomic mass is 16.6. The van der Waals surface area contributed by atoms with E-state index < -0.39 is 4.92 Å². The first-order valence-corrected chi connectivity index (χ1v) is 10.9. The van der Waals surface area contributed by atoms with Crippen LogP contribution in [0.15, 0.2) is 52.4 Å². The molecule has 32 heavy (non-hydrogen) atoms. The predicted octanol–water partition coefficient (Wildman–Crippen LogP) is 5.02. The standard InChI is InChI=1S/C24H26N4O4/c1-16(2)32-22-13-12-19(28(30)31)14-18(22)15-25-27-23(17-8-4-3-5-9-17)26-21-11-7-6-10-20(21)24(27)29/h6-7,10-17H,3-5,8-9H2,1-2H3. The van der Waals surface area contributed by atoms with Crippen LogP contribution < -0.4 is 10.3 Å². The molecule has 2 aromatic carbocycles. The number of aromatic nitrogens is 2. The molecule has 0 saturated heterocycles. The number of fused-ring (bicyclic) bond motifs is 1. The number of rotatable bonds is 6. The molecule has 1 saturated carbocycles. The van der Waals surface area contributed by atoms with Crippen LogP contribution in [0, 0.1) is 10.1 Å². The monoisotopic (exact) mass is 434 g/mol. The lowest BCUT2D eigenvalue weighted by atomic mass is 9.88. The summed E-state index contributed by atoms with van der Waals surface area (Å²) in [5, 5.41) is 16.2. The molecule has 0 amide bonds. The van der Waals surface area contributed by atoms with Crippen molar-refractivity contribution in [3.63, 3.8) is 0 Å². The molecule has 0 radical (unpaired) electrons. The predicted molar refractivity (Wildman–Crippen MR) is 124 cm³/mol. The molecule has 0 unspecified atom stereocenters. The van der Waals surface area contributed by atoms with Gasteiger partial charge in [0, 0.05) is 23.6 Å². The summed E-state index contributed by atoms with van der Waals surface area (Å²) in [6.07, 6.45) is 6.61. The minimum atomic E-state index is -0.465. The average Bonchev–Trinajstić information content (AvgIpc) is 2.79. The van der Waals surface area contributed by atoms with Crippen molar-refractivity contribution in [2.45, 2.75) is 58.0 Å². The first kappa shape index (κ1) is 21.7. The zero-order valence-electron chi connectivity index (χ0n) is 18.2. The molecule has 8 heteroatoms. The Kier molecular flexibility index (Phi) is 6.30. The van der Waals surface area contributed by atoms with Crippen LogP contribution in [0.2, 0.25) is 0 Å². The van der Waals surface area contributed by atoms with Gasteiger partial charge in [0.1, 0.15) is 11.6 Å². The summed E-state index contributed by atoms with van der Waals surface area (Å²) in [4.78, 5) is 28.9. The first-order chi connectivity index (χ1) is 15.4. The molecule has 166 valence electrons. The molecule has 0 atom stereocenters. The number of hydrogen-bond donors (Lipinski definition) is 0. The molecule has 0 aliphatic heterocycles. The van der Waals surface area contributed by atoms with Gasteiger partial charge in [-0.25, -0.2) is 4.98 Å². The summed E-state index contributed by atoms with van der Waals surface area (Å²) >= 11 is 0. The summed E-state index contributed by atoms with van der Waals surface area (Å²) in [7, 11) is 0. The van der Waals surface area contributed by atoms with Gasteiger partial charge in [-0.15, -0.1) is 0 Å². The zero-order chi connectivity index (χ0) is 22.7. The third kappa shape index (κ3) is 4.54. The van der Waals surface area contributed by atoms with Gasteiger partial charge in [0.15, 0.2) is 0 Å². The molecule has 1 aliphatic carbocycles. The highest BCUT2D eigenvalue weighted by Gasteiger charge is 2.22. The van der Waals surface area contributed by atoms with E-state index in [9.17, 15) is 14.9 Å². The van der Waals surface area contributed by atoms with Gasteiger partial charge in [-0.1, -0.05) is 31.4 Å². The minimum absolute atomic E-state index is 0.0703. The number of non-ortho nitro benzene ring substituents is 1. The lowest BCUT2D eigenvalue weighted by Crippen LogP contribution is -2.25. The van der Waals surface area contributed by atoms with E-state index in [2.05, 4.69) is 5.10 Å². The Balaban J connectivity index is 1.84. The molecule has 1 aromatic heterocycles. The Bertz CT molecular complexity index is 1230. The Morgan fingerprint density at radius 2 is 1.94 bits per heavy atom. The third-order valence-electron chi connectivity index (χ3n) is 5.63. The van der Waals surface area contributed by atoms with Crippen LogP contribution in [0.4, 0.5) is 5.69 Å².